The molecule has 0 aliphatic carbocycles. The van der Waals surface area contributed by atoms with E-state index in [2.05, 4.69) is 13.8 Å². The molecule has 3 atom stereocenters. The van der Waals surface area contributed by atoms with E-state index in [0.717, 1.165) is 12.1 Å². The fourth-order valence-electron chi connectivity index (χ4n) is 1.41. The number of ether oxygens (including phenoxy) is 1. The Labute approximate surface area is 62.1 Å². The van der Waals surface area contributed by atoms with Crippen molar-refractivity contribution in [2.45, 2.75) is 39.4 Å². The predicted molar refractivity (Wildman–Crippen MR) is 41.5 cm³/mol. The highest BCUT2D eigenvalue weighted by Gasteiger charge is 2.41. The molecule has 0 aromatic rings. The standard InChI is InChI=1S/C8H15NO/c1-4-7(5(2)9)8-6(3)10-8/h6-9H,4H2,1-3H3. The topological polar surface area (TPSA) is 36.4 Å². The van der Waals surface area contributed by atoms with Crippen molar-refractivity contribution in [3.8, 4) is 0 Å². The SMILES string of the molecule is CCC(C(C)=N)C1OC1C. The molecule has 1 saturated heterocycles. The molecule has 58 valence electrons. The summed E-state index contributed by atoms with van der Waals surface area (Å²) in [5.41, 5.74) is 0.761. The maximum absolute atomic E-state index is 7.43. The Morgan fingerprint density at radius 1 is 1.70 bits per heavy atom. The van der Waals surface area contributed by atoms with Crippen LogP contribution in [0, 0.1) is 11.3 Å². The van der Waals surface area contributed by atoms with Crippen molar-refractivity contribution in [3.63, 3.8) is 0 Å². The molecule has 0 bridgehead atoms. The highest BCUT2D eigenvalue weighted by atomic mass is 16.6. The van der Waals surface area contributed by atoms with Gasteiger partial charge in [-0.25, -0.2) is 0 Å². The Bertz CT molecular complexity index is 144. The summed E-state index contributed by atoms with van der Waals surface area (Å²) in [6.45, 7) is 6.04. The molecule has 1 aliphatic rings. The number of epoxide rings is 1. The molecular formula is C8H15NO. The first-order valence-corrected chi connectivity index (χ1v) is 3.87. The minimum atomic E-state index is 0.350. The van der Waals surface area contributed by atoms with Gasteiger partial charge in [0.1, 0.15) is 0 Å². The molecule has 0 aromatic heterocycles. The van der Waals surface area contributed by atoms with Gasteiger partial charge in [0.2, 0.25) is 0 Å². The lowest BCUT2D eigenvalue weighted by atomic mass is 9.96. The molecule has 2 nitrogen and oxygen atoms in total. The second-order valence-electron chi connectivity index (χ2n) is 3.00. The highest BCUT2D eigenvalue weighted by molar-refractivity contribution is 5.82. The summed E-state index contributed by atoms with van der Waals surface area (Å²) in [5.74, 6) is 0.370. The first-order chi connectivity index (χ1) is 4.66. The lowest BCUT2D eigenvalue weighted by Crippen LogP contribution is -2.16. The molecular weight excluding hydrogens is 126 g/mol. The van der Waals surface area contributed by atoms with E-state index in [0.29, 0.717) is 18.1 Å². The average Bonchev–Trinajstić information content (AvgIpc) is 2.48. The van der Waals surface area contributed by atoms with Crippen molar-refractivity contribution in [1.82, 2.24) is 0 Å². The summed E-state index contributed by atoms with van der Waals surface area (Å²) in [4.78, 5) is 0. The van der Waals surface area contributed by atoms with Gasteiger partial charge in [0.05, 0.1) is 12.2 Å². The Morgan fingerprint density at radius 2 is 2.20 bits per heavy atom. The number of hydrogen-bond donors (Lipinski definition) is 1. The second kappa shape index (κ2) is 2.70. The molecule has 0 amide bonds. The van der Waals surface area contributed by atoms with Crippen LogP contribution in [0.4, 0.5) is 0 Å². The van der Waals surface area contributed by atoms with Gasteiger partial charge < -0.3 is 10.1 Å². The van der Waals surface area contributed by atoms with Crippen LogP contribution < -0.4 is 0 Å². The first kappa shape index (κ1) is 7.73. The van der Waals surface area contributed by atoms with Gasteiger partial charge in [-0.3, -0.25) is 0 Å². The Morgan fingerprint density at radius 3 is 2.30 bits per heavy atom. The van der Waals surface area contributed by atoms with E-state index in [1.54, 1.807) is 0 Å². The minimum absolute atomic E-state index is 0.350. The lowest BCUT2D eigenvalue weighted by molar-refractivity contribution is 0.347. The molecule has 1 rings (SSSR count). The smallest absolute Gasteiger partial charge is 0.0918 e. The molecule has 1 aliphatic heterocycles. The van der Waals surface area contributed by atoms with Gasteiger partial charge in [-0.15, -0.1) is 0 Å². The monoisotopic (exact) mass is 141 g/mol. The molecule has 0 aromatic carbocycles. The van der Waals surface area contributed by atoms with E-state index in [9.17, 15) is 0 Å². The van der Waals surface area contributed by atoms with Crippen LogP contribution in [0.2, 0.25) is 0 Å². The number of rotatable bonds is 3. The maximum atomic E-state index is 7.43. The lowest BCUT2D eigenvalue weighted by Gasteiger charge is -2.08. The van der Waals surface area contributed by atoms with Crippen LogP contribution in [-0.2, 0) is 4.74 Å². The van der Waals surface area contributed by atoms with Gasteiger partial charge in [-0.1, -0.05) is 6.92 Å². The Hall–Kier alpha value is -0.370. The van der Waals surface area contributed by atoms with Crippen LogP contribution in [0.1, 0.15) is 27.2 Å². The van der Waals surface area contributed by atoms with Crippen molar-refractivity contribution in [1.29, 1.82) is 5.41 Å². The second-order valence-corrected chi connectivity index (χ2v) is 3.00. The minimum Gasteiger partial charge on any atom is -0.369 e. The number of hydrogen-bond acceptors (Lipinski definition) is 2. The zero-order chi connectivity index (χ0) is 7.72. The zero-order valence-electron chi connectivity index (χ0n) is 6.85. The van der Waals surface area contributed by atoms with E-state index in [1.165, 1.54) is 0 Å². The third-order valence-corrected chi connectivity index (χ3v) is 2.15. The van der Waals surface area contributed by atoms with Gasteiger partial charge in [0, 0.05) is 11.6 Å². The molecule has 0 saturated carbocycles. The predicted octanol–water partition coefficient (Wildman–Crippen LogP) is 1.84. The normalized spacial score (nSPS) is 33.5. The Balaban J connectivity index is 2.42. The van der Waals surface area contributed by atoms with Gasteiger partial charge >= 0.3 is 0 Å². The highest BCUT2D eigenvalue weighted by Crippen LogP contribution is 2.31. The van der Waals surface area contributed by atoms with Crippen LogP contribution in [-0.4, -0.2) is 17.9 Å². The van der Waals surface area contributed by atoms with Gasteiger partial charge in [-0.05, 0) is 20.3 Å². The van der Waals surface area contributed by atoms with Gasteiger partial charge in [0.25, 0.3) is 0 Å². The van der Waals surface area contributed by atoms with Crippen molar-refractivity contribution in [2.75, 3.05) is 0 Å². The summed E-state index contributed by atoms with van der Waals surface area (Å²) in [5, 5.41) is 7.43. The quantitative estimate of drug-likeness (QED) is 0.472. The van der Waals surface area contributed by atoms with Crippen LogP contribution in [0.25, 0.3) is 0 Å². The molecule has 1 heterocycles. The molecule has 0 spiro atoms. The fraction of sp³-hybridized carbons (Fsp3) is 0.875. The third-order valence-electron chi connectivity index (χ3n) is 2.15. The van der Waals surface area contributed by atoms with Crippen LogP contribution >= 0.6 is 0 Å². The van der Waals surface area contributed by atoms with E-state index < -0.39 is 0 Å². The van der Waals surface area contributed by atoms with E-state index >= 15 is 0 Å². The summed E-state index contributed by atoms with van der Waals surface area (Å²) in [7, 11) is 0. The van der Waals surface area contributed by atoms with Gasteiger partial charge in [-0.2, -0.15) is 0 Å². The zero-order valence-corrected chi connectivity index (χ0v) is 6.85. The summed E-state index contributed by atoms with van der Waals surface area (Å²) in [6, 6.07) is 0. The maximum Gasteiger partial charge on any atom is 0.0918 e. The molecule has 1 N–H and O–H groups in total. The van der Waals surface area contributed by atoms with E-state index in [4.69, 9.17) is 10.1 Å². The van der Waals surface area contributed by atoms with E-state index in [-0.39, 0.29) is 0 Å². The van der Waals surface area contributed by atoms with Crippen molar-refractivity contribution in [3.05, 3.63) is 0 Å². The first-order valence-electron chi connectivity index (χ1n) is 3.87. The molecule has 1 fully saturated rings. The summed E-state index contributed by atoms with van der Waals surface area (Å²) in [6.07, 6.45) is 1.78. The van der Waals surface area contributed by atoms with Crippen LogP contribution in [0.3, 0.4) is 0 Å². The Kier molecular flexibility index (Phi) is 2.09. The molecule has 2 heteroatoms. The fourth-order valence-corrected chi connectivity index (χ4v) is 1.41. The summed E-state index contributed by atoms with van der Waals surface area (Å²) >= 11 is 0. The molecule has 3 unspecified atom stereocenters. The van der Waals surface area contributed by atoms with Crippen molar-refractivity contribution in [2.24, 2.45) is 5.92 Å². The number of nitrogens with one attached hydrogen (secondary N) is 1. The van der Waals surface area contributed by atoms with Crippen LogP contribution in [0.15, 0.2) is 0 Å². The van der Waals surface area contributed by atoms with Gasteiger partial charge in [0.15, 0.2) is 0 Å². The summed E-state index contributed by atoms with van der Waals surface area (Å²) < 4.78 is 5.29. The van der Waals surface area contributed by atoms with Crippen molar-refractivity contribution >= 4 is 5.71 Å². The largest absolute Gasteiger partial charge is 0.369 e. The molecule has 0 radical (unpaired) electrons. The third kappa shape index (κ3) is 1.37. The molecule has 10 heavy (non-hydrogen) atoms. The average molecular weight is 141 g/mol. The van der Waals surface area contributed by atoms with Crippen molar-refractivity contribution < 1.29 is 4.74 Å². The van der Waals surface area contributed by atoms with Crippen LogP contribution in [0.5, 0.6) is 0 Å². The van der Waals surface area contributed by atoms with E-state index in [1.807, 2.05) is 6.92 Å².